The summed E-state index contributed by atoms with van der Waals surface area (Å²) in [5.74, 6) is 0.399. The predicted octanol–water partition coefficient (Wildman–Crippen LogP) is 3.24. The average Bonchev–Trinajstić information content (AvgIpc) is 2.16. The summed E-state index contributed by atoms with van der Waals surface area (Å²) >= 11 is 0. The lowest BCUT2D eigenvalue weighted by Gasteiger charge is -2.00. The Morgan fingerprint density at radius 2 is 1.79 bits per heavy atom. The third-order valence-electron chi connectivity index (χ3n) is 1.13. The van der Waals surface area contributed by atoms with E-state index in [0.717, 1.165) is 0 Å². The van der Waals surface area contributed by atoms with Crippen LogP contribution in [-0.2, 0) is 0 Å². The minimum Gasteiger partial charge on any atom is -0.473 e. The van der Waals surface area contributed by atoms with E-state index in [-0.39, 0.29) is 0 Å². The number of ether oxygens (including phenoxy) is 1. The number of rotatable bonds is 1. The molecule has 0 saturated carbocycles. The van der Waals surface area contributed by atoms with Crippen molar-refractivity contribution in [3.8, 4) is 5.75 Å². The Labute approximate surface area is 88.0 Å². The van der Waals surface area contributed by atoms with E-state index in [1.807, 2.05) is 0 Å². The molecule has 1 N–H and O–H groups in total. The monoisotopic (exact) mass is 230 g/mol. The van der Waals surface area contributed by atoms with E-state index in [0.29, 0.717) is 27.3 Å². The van der Waals surface area contributed by atoms with Gasteiger partial charge in [-0.25, -0.2) is 9.59 Å². The fraction of sp³-hybridized carbons (Fsp3) is 0. The van der Waals surface area contributed by atoms with E-state index < -0.39 is 10.6 Å². The van der Waals surface area contributed by atoms with Crippen LogP contribution in [0.3, 0.4) is 0 Å². The summed E-state index contributed by atoms with van der Waals surface area (Å²) < 4.78 is 4.80. The molecule has 0 aromatic heterocycles. The number of carbonyl (C=O) groups excluding carboxylic acids is 1. The van der Waals surface area contributed by atoms with Crippen molar-refractivity contribution in [2.75, 3.05) is 0 Å². The maximum atomic E-state index is 11.0. The van der Waals surface area contributed by atoms with Gasteiger partial charge in [-0.05, 0) is 12.1 Å². The highest BCUT2D eigenvalue weighted by atomic mass is 33.1. The maximum Gasteiger partial charge on any atom is 0.384 e. The fourth-order valence-corrected chi connectivity index (χ4v) is 1.46. The minimum absolute atomic E-state index is 0.399. The van der Waals surface area contributed by atoms with Gasteiger partial charge < -0.3 is 9.84 Å². The normalized spacial score (nSPS) is 9.43. The maximum absolute atomic E-state index is 11.0. The molecule has 0 amide bonds. The van der Waals surface area contributed by atoms with Gasteiger partial charge in [0, 0.05) is 21.6 Å². The van der Waals surface area contributed by atoms with Crippen molar-refractivity contribution in [1.82, 2.24) is 0 Å². The Bertz CT molecular complexity index is 325. The van der Waals surface area contributed by atoms with Crippen molar-refractivity contribution >= 4 is 32.2 Å². The van der Waals surface area contributed by atoms with Gasteiger partial charge in [0.25, 0.3) is 0 Å². The van der Waals surface area contributed by atoms with Crippen LogP contribution in [0.5, 0.6) is 5.75 Å². The van der Waals surface area contributed by atoms with E-state index >= 15 is 0 Å². The Morgan fingerprint density at radius 1 is 1.14 bits per heavy atom. The summed E-state index contributed by atoms with van der Waals surface area (Å²) in [5, 5.41) is 6.49. The zero-order valence-electron chi connectivity index (χ0n) is 6.88. The summed E-state index contributed by atoms with van der Waals surface area (Å²) in [7, 11) is 0.953. The summed E-state index contributed by atoms with van der Waals surface area (Å²) in [6.45, 7) is 0. The quantitative estimate of drug-likeness (QED) is 0.590. The molecule has 0 bridgehead atoms. The number of para-hydroxylation sites is 1. The van der Waals surface area contributed by atoms with Crippen LogP contribution >= 0.6 is 21.6 Å². The molecule has 14 heavy (non-hydrogen) atoms. The lowest BCUT2D eigenvalue weighted by atomic mass is 10.3. The molecule has 4 nitrogen and oxygen atoms in total. The molecule has 0 saturated heterocycles. The average molecular weight is 230 g/mol. The highest BCUT2D eigenvalue weighted by Crippen LogP contribution is 2.25. The second-order valence-corrected chi connectivity index (χ2v) is 4.11. The zero-order chi connectivity index (χ0) is 10.4. The van der Waals surface area contributed by atoms with Gasteiger partial charge in [-0.1, -0.05) is 18.2 Å². The van der Waals surface area contributed by atoms with Crippen molar-refractivity contribution < 1.29 is 19.4 Å². The van der Waals surface area contributed by atoms with Gasteiger partial charge in [0.15, 0.2) is 0 Å². The molecular formula is C8H6O4S2. The number of carboxylic acid groups (broad SMARTS) is 1. The van der Waals surface area contributed by atoms with Crippen molar-refractivity contribution in [3.05, 3.63) is 30.3 Å². The molecule has 0 spiro atoms. The standard InChI is InChI=1S/C8H6O4S2/c9-7(10)13-14-8(11)12-6-4-2-1-3-5-6/h1-5H,(H,9,10). The SMILES string of the molecule is O=C(O)SSC(=O)Oc1ccccc1. The lowest BCUT2D eigenvalue weighted by molar-refractivity contribution is 0.222. The molecular weight excluding hydrogens is 224 g/mol. The summed E-state index contributed by atoms with van der Waals surface area (Å²) in [5.41, 5.74) is 0. The van der Waals surface area contributed by atoms with Crippen LogP contribution < -0.4 is 4.74 Å². The van der Waals surface area contributed by atoms with Gasteiger partial charge >= 0.3 is 10.6 Å². The molecule has 0 unspecified atom stereocenters. The number of benzene rings is 1. The fourth-order valence-electron chi connectivity index (χ4n) is 0.671. The van der Waals surface area contributed by atoms with E-state index in [1.54, 1.807) is 30.3 Å². The molecule has 74 valence electrons. The highest BCUT2D eigenvalue weighted by molar-refractivity contribution is 8.86. The van der Waals surface area contributed by atoms with Crippen LogP contribution in [0.25, 0.3) is 0 Å². The summed E-state index contributed by atoms with van der Waals surface area (Å²) in [6, 6.07) is 8.46. The van der Waals surface area contributed by atoms with Crippen molar-refractivity contribution in [2.24, 2.45) is 0 Å². The van der Waals surface area contributed by atoms with Crippen molar-refractivity contribution in [1.29, 1.82) is 0 Å². The lowest BCUT2D eigenvalue weighted by Crippen LogP contribution is -1.99. The van der Waals surface area contributed by atoms with Gasteiger partial charge in [0.2, 0.25) is 0 Å². The minimum atomic E-state index is -1.12. The van der Waals surface area contributed by atoms with Crippen LogP contribution in [0.4, 0.5) is 9.59 Å². The van der Waals surface area contributed by atoms with Crippen LogP contribution in [0, 0.1) is 0 Å². The molecule has 1 aromatic carbocycles. The highest BCUT2D eigenvalue weighted by Gasteiger charge is 2.09. The molecule has 0 atom stereocenters. The van der Waals surface area contributed by atoms with Crippen LogP contribution in [0.1, 0.15) is 0 Å². The van der Waals surface area contributed by atoms with E-state index in [1.165, 1.54) is 0 Å². The van der Waals surface area contributed by atoms with Crippen molar-refractivity contribution in [2.45, 2.75) is 0 Å². The van der Waals surface area contributed by atoms with E-state index in [9.17, 15) is 9.59 Å². The molecule has 0 radical (unpaired) electrons. The molecule has 6 heteroatoms. The number of hydrogen-bond acceptors (Lipinski definition) is 5. The Hall–Kier alpha value is -1.14. The number of hydrogen-bond donors (Lipinski definition) is 1. The largest absolute Gasteiger partial charge is 0.473 e. The van der Waals surface area contributed by atoms with Crippen LogP contribution in [0.15, 0.2) is 30.3 Å². The van der Waals surface area contributed by atoms with Crippen molar-refractivity contribution in [3.63, 3.8) is 0 Å². The molecule has 0 fully saturated rings. The Balaban J connectivity index is 2.38. The zero-order valence-corrected chi connectivity index (χ0v) is 8.51. The first-order valence-corrected chi connectivity index (χ1v) is 5.68. The summed E-state index contributed by atoms with van der Waals surface area (Å²) in [4.78, 5) is 21.1. The molecule has 0 aliphatic heterocycles. The van der Waals surface area contributed by atoms with Gasteiger partial charge in [-0.15, -0.1) is 0 Å². The van der Waals surface area contributed by atoms with Gasteiger partial charge in [0.1, 0.15) is 5.75 Å². The second kappa shape index (κ2) is 5.56. The Kier molecular flexibility index (Phi) is 4.34. The summed E-state index contributed by atoms with van der Waals surface area (Å²) in [6.07, 6.45) is 0. The molecule has 0 aliphatic rings. The molecule has 1 rings (SSSR count). The molecule has 0 heterocycles. The topological polar surface area (TPSA) is 63.6 Å². The van der Waals surface area contributed by atoms with Gasteiger partial charge in [0.05, 0.1) is 0 Å². The third kappa shape index (κ3) is 4.20. The van der Waals surface area contributed by atoms with Crippen LogP contribution in [-0.4, -0.2) is 15.7 Å². The third-order valence-corrected chi connectivity index (χ3v) is 2.66. The smallest absolute Gasteiger partial charge is 0.384 e. The van der Waals surface area contributed by atoms with E-state index in [2.05, 4.69) is 0 Å². The molecule has 1 aromatic rings. The number of carbonyl (C=O) groups is 2. The van der Waals surface area contributed by atoms with Gasteiger partial charge in [-0.3, -0.25) is 0 Å². The first kappa shape index (κ1) is 10.9. The predicted molar refractivity (Wildman–Crippen MR) is 55.7 cm³/mol. The van der Waals surface area contributed by atoms with E-state index in [4.69, 9.17) is 9.84 Å². The molecule has 0 aliphatic carbocycles. The first-order valence-electron chi connectivity index (χ1n) is 3.53. The van der Waals surface area contributed by atoms with Crippen LogP contribution in [0.2, 0.25) is 0 Å². The Morgan fingerprint density at radius 3 is 2.36 bits per heavy atom. The van der Waals surface area contributed by atoms with Gasteiger partial charge in [-0.2, -0.15) is 0 Å². The second-order valence-electron chi connectivity index (χ2n) is 2.10. The first-order chi connectivity index (χ1) is 6.68.